The molecule has 4 nitrogen and oxygen atoms in total. The average molecular weight is 242 g/mol. The second kappa shape index (κ2) is 5.30. The molecule has 0 spiro atoms. The van der Waals surface area contributed by atoms with Gasteiger partial charge in [0.15, 0.2) is 0 Å². The molecule has 1 N–H and O–H groups in total. The van der Waals surface area contributed by atoms with Crippen LogP contribution >= 0.6 is 11.6 Å². The highest BCUT2D eigenvalue weighted by Gasteiger charge is 2.23. The van der Waals surface area contributed by atoms with Crippen molar-refractivity contribution in [3.05, 3.63) is 0 Å². The van der Waals surface area contributed by atoms with Crippen molar-refractivity contribution in [2.24, 2.45) is 5.92 Å². The Labute approximate surface area is 90.0 Å². The fourth-order valence-corrected chi connectivity index (χ4v) is 3.24. The number of ether oxygens (including phenoxy) is 1. The summed E-state index contributed by atoms with van der Waals surface area (Å²) >= 11 is 5.56. The smallest absolute Gasteiger partial charge is 0.212 e. The standard InChI is InChI=1S/C8H16ClNO3S/c1-7(4-9)6-14(11,12)10-8-2-3-13-5-8/h7-8,10H,2-6H2,1H3. The van der Waals surface area contributed by atoms with Crippen LogP contribution in [-0.2, 0) is 14.8 Å². The molecule has 1 rings (SSSR count). The van der Waals surface area contributed by atoms with Crippen molar-refractivity contribution >= 4 is 21.6 Å². The van der Waals surface area contributed by atoms with Crippen molar-refractivity contribution in [3.8, 4) is 0 Å². The lowest BCUT2D eigenvalue weighted by atomic mass is 10.3. The highest BCUT2D eigenvalue weighted by atomic mass is 35.5. The summed E-state index contributed by atoms with van der Waals surface area (Å²) in [4.78, 5) is 0. The zero-order valence-electron chi connectivity index (χ0n) is 8.20. The largest absolute Gasteiger partial charge is 0.380 e. The van der Waals surface area contributed by atoms with Crippen molar-refractivity contribution in [1.29, 1.82) is 0 Å². The molecule has 2 atom stereocenters. The third-order valence-electron chi connectivity index (χ3n) is 2.04. The minimum absolute atomic E-state index is 0.0171. The summed E-state index contributed by atoms with van der Waals surface area (Å²) in [6.45, 7) is 2.93. The Morgan fingerprint density at radius 3 is 2.86 bits per heavy atom. The molecule has 2 unspecified atom stereocenters. The Kier molecular flexibility index (Phi) is 4.63. The topological polar surface area (TPSA) is 55.4 Å². The summed E-state index contributed by atoms with van der Waals surface area (Å²) in [5, 5.41) is 0. The second-order valence-electron chi connectivity index (χ2n) is 3.72. The molecule has 0 aromatic rings. The zero-order chi connectivity index (χ0) is 10.6. The first-order chi connectivity index (χ1) is 6.53. The van der Waals surface area contributed by atoms with Gasteiger partial charge >= 0.3 is 0 Å². The molecule has 1 heterocycles. The van der Waals surface area contributed by atoms with Crippen LogP contribution in [-0.4, -0.2) is 39.3 Å². The van der Waals surface area contributed by atoms with E-state index >= 15 is 0 Å². The molecule has 6 heteroatoms. The Morgan fingerprint density at radius 2 is 2.36 bits per heavy atom. The van der Waals surface area contributed by atoms with Gasteiger partial charge in [-0.15, -0.1) is 11.6 Å². The van der Waals surface area contributed by atoms with E-state index in [-0.39, 0.29) is 17.7 Å². The number of alkyl halides is 1. The van der Waals surface area contributed by atoms with Crippen LogP contribution in [0.2, 0.25) is 0 Å². The van der Waals surface area contributed by atoms with Gasteiger partial charge in [0.1, 0.15) is 0 Å². The molecule has 14 heavy (non-hydrogen) atoms. The monoisotopic (exact) mass is 241 g/mol. The van der Waals surface area contributed by atoms with Gasteiger partial charge in [0.05, 0.1) is 12.4 Å². The second-order valence-corrected chi connectivity index (χ2v) is 5.83. The maximum Gasteiger partial charge on any atom is 0.212 e. The van der Waals surface area contributed by atoms with Crippen LogP contribution in [0, 0.1) is 5.92 Å². The normalized spacial score (nSPS) is 25.1. The molecule has 0 bridgehead atoms. The predicted octanol–water partition coefficient (Wildman–Crippen LogP) is 0.570. The van der Waals surface area contributed by atoms with Gasteiger partial charge in [0.25, 0.3) is 0 Å². The third kappa shape index (κ3) is 4.13. The molecule has 84 valence electrons. The van der Waals surface area contributed by atoms with Crippen LogP contribution in [0.25, 0.3) is 0 Å². The van der Waals surface area contributed by atoms with E-state index in [9.17, 15) is 8.42 Å². The molecule has 0 aromatic heterocycles. The highest BCUT2D eigenvalue weighted by molar-refractivity contribution is 7.89. The molecular weight excluding hydrogens is 226 g/mol. The van der Waals surface area contributed by atoms with Gasteiger partial charge in [-0.05, 0) is 12.3 Å². The van der Waals surface area contributed by atoms with E-state index in [1.54, 1.807) is 0 Å². The van der Waals surface area contributed by atoms with Crippen LogP contribution in [0.1, 0.15) is 13.3 Å². The number of rotatable bonds is 5. The summed E-state index contributed by atoms with van der Waals surface area (Å²) in [5.74, 6) is 0.436. The van der Waals surface area contributed by atoms with Gasteiger partial charge in [0.2, 0.25) is 10.0 Å². The van der Waals surface area contributed by atoms with Crippen LogP contribution in [0.5, 0.6) is 0 Å². The van der Waals surface area contributed by atoms with Crippen molar-refractivity contribution in [3.63, 3.8) is 0 Å². The Hall–Kier alpha value is 0.160. The quantitative estimate of drug-likeness (QED) is 0.716. The number of nitrogens with one attached hydrogen (secondary N) is 1. The van der Waals surface area contributed by atoms with E-state index in [1.807, 2.05) is 6.92 Å². The Balaban J connectivity index is 2.40. The fourth-order valence-electron chi connectivity index (χ4n) is 1.35. The van der Waals surface area contributed by atoms with Crippen molar-refractivity contribution in [1.82, 2.24) is 4.72 Å². The van der Waals surface area contributed by atoms with Crippen molar-refractivity contribution < 1.29 is 13.2 Å². The summed E-state index contributed by atoms with van der Waals surface area (Å²) in [7, 11) is -3.19. The third-order valence-corrected chi connectivity index (χ3v) is 4.27. The van der Waals surface area contributed by atoms with E-state index in [0.717, 1.165) is 6.42 Å². The first-order valence-electron chi connectivity index (χ1n) is 4.67. The molecule has 0 amide bonds. The lowest BCUT2D eigenvalue weighted by Gasteiger charge is -2.13. The van der Waals surface area contributed by atoms with Crippen LogP contribution in [0.15, 0.2) is 0 Å². The summed E-state index contributed by atoms with van der Waals surface area (Å²) in [6, 6.07) is -0.0532. The summed E-state index contributed by atoms with van der Waals surface area (Å²) < 4.78 is 30.8. The Bertz CT molecular complexity index is 262. The van der Waals surface area contributed by atoms with Crippen LogP contribution in [0.3, 0.4) is 0 Å². The number of halogens is 1. The molecule has 1 aliphatic heterocycles. The van der Waals surface area contributed by atoms with Gasteiger partial charge in [-0.25, -0.2) is 13.1 Å². The van der Waals surface area contributed by atoms with E-state index in [1.165, 1.54) is 0 Å². The van der Waals surface area contributed by atoms with Crippen molar-refractivity contribution in [2.75, 3.05) is 24.8 Å². The molecule has 1 aliphatic rings. The fraction of sp³-hybridized carbons (Fsp3) is 1.00. The minimum atomic E-state index is -3.19. The lowest BCUT2D eigenvalue weighted by molar-refractivity contribution is 0.192. The molecule has 0 aliphatic carbocycles. The van der Waals surface area contributed by atoms with E-state index in [4.69, 9.17) is 16.3 Å². The SMILES string of the molecule is CC(CCl)CS(=O)(=O)NC1CCOC1. The molecule has 1 fully saturated rings. The first-order valence-corrected chi connectivity index (χ1v) is 6.86. The maximum atomic E-state index is 11.5. The average Bonchev–Trinajstić information content (AvgIpc) is 2.54. The lowest BCUT2D eigenvalue weighted by Crippen LogP contribution is -2.38. The van der Waals surface area contributed by atoms with E-state index < -0.39 is 10.0 Å². The molecule has 0 saturated carbocycles. The van der Waals surface area contributed by atoms with Gasteiger partial charge in [-0.1, -0.05) is 6.92 Å². The van der Waals surface area contributed by atoms with Gasteiger partial charge < -0.3 is 4.74 Å². The van der Waals surface area contributed by atoms with Gasteiger partial charge in [0, 0.05) is 18.5 Å². The van der Waals surface area contributed by atoms with E-state index in [2.05, 4.69) is 4.72 Å². The molecule has 1 saturated heterocycles. The minimum Gasteiger partial charge on any atom is -0.380 e. The van der Waals surface area contributed by atoms with Gasteiger partial charge in [-0.3, -0.25) is 0 Å². The predicted molar refractivity (Wildman–Crippen MR) is 56.0 cm³/mol. The van der Waals surface area contributed by atoms with Crippen molar-refractivity contribution in [2.45, 2.75) is 19.4 Å². The Morgan fingerprint density at radius 1 is 1.64 bits per heavy atom. The van der Waals surface area contributed by atoms with Crippen LogP contribution < -0.4 is 4.72 Å². The molecule has 0 aromatic carbocycles. The number of hydrogen-bond acceptors (Lipinski definition) is 3. The first kappa shape index (κ1) is 12.2. The van der Waals surface area contributed by atoms with Gasteiger partial charge in [-0.2, -0.15) is 0 Å². The van der Waals surface area contributed by atoms with Crippen LogP contribution in [0.4, 0.5) is 0 Å². The number of hydrogen-bond donors (Lipinski definition) is 1. The maximum absolute atomic E-state index is 11.5. The summed E-state index contributed by atoms with van der Waals surface area (Å²) in [5.41, 5.74) is 0. The van der Waals surface area contributed by atoms with E-state index in [0.29, 0.717) is 19.1 Å². The number of sulfonamides is 1. The highest BCUT2D eigenvalue weighted by Crippen LogP contribution is 2.07. The summed E-state index contributed by atoms with van der Waals surface area (Å²) in [6.07, 6.45) is 0.758. The molecular formula is C8H16ClNO3S. The molecule has 0 radical (unpaired) electrons. The zero-order valence-corrected chi connectivity index (χ0v) is 9.77.